The van der Waals surface area contributed by atoms with Gasteiger partial charge in [0.1, 0.15) is 0 Å². The molecule has 0 N–H and O–H groups in total. The molecule has 0 bridgehead atoms. The van der Waals surface area contributed by atoms with E-state index in [1.165, 1.54) is 0 Å². The van der Waals surface area contributed by atoms with Crippen molar-refractivity contribution in [3.05, 3.63) is 23.8 Å². The third-order valence-electron chi connectivity index (χ3n) is 3.31. The number of Topliss-reactive ketones (excluding diaryl/α,β-unsaturated/α-hetero) is 1. The number of rotatable bonds is 4. The van der Waals surface area contributed by atoms with Gasteiger partial charge in [-0.25, -0.2) is 0 Å². The van der Waals surface area contributed by atoms with Crippen LogP contribution in [0.15, 0.2) is 18.2 Å². The van der Waals surface area contributed by atoms with Gasteiger partial charge in [-0.2, -0.15) is 11.8 Å². The highest BCUT2D eigenvalue weighted by Gasteiger charge is 2.19. The molecular formula is C14H16O4S. The zero-order valence-electron chi connectivity index (χ0n) is 10.6. The Morgan fingerprint density at radius 3 is 2.84 bits per heavy atom. The summed E-state index contributed by atoms with van der Waals surface area (Å²) in [4.78, 5) is 12.1. The molecule has 2 heterocycles. The summed E-state index contributed by atoms with van der Waals surface area (Å²) in [6.45, 7) is 1.87. The fourth-order valence-electron chi connectivity index (χ4n) is 2.19. The van der Waals surface area contributed by atoms with Crippen molar-refractivity contribution in [2.75, 3.05) is 25.8 Å². The molecule has 2 aliphatic rings. The quantitative estimate of drug-likeness (QED) is 0.793. The number of carbonyl (C=O) groups is 1. The van der Waals surface area contributed by atoms with E-state index in [4.69, 9.17) is 14.2 Å². The van der Waals surface area contributed by atoms with E-state index in [1.54, 1.807) is 30.0 Å². The monoisotopic (exact) mass is 280 g/mol. The minimum Gasteiger partial charge on any atom is -0.454 e. The number of benzene rings is 1. The van der Waals surface area contributed by atoms with Crippen LogP contribution >= 0.6 is 11.8 Å². The van der Waals surface area contributed by atoms with Crippen LogP contribution in [-0.4, -0.2) is 36.8 Å². The van der Waals surface area contributed by atoms with Gasteiger partial charge in [-0.3, -0.25) is 4.79 Å². The summed E-state index contributed by atoms with van der Waals surface area (Å²) < 4.78 is 15.8. The molecular weight excluding hydrogens is 264 g/mol. The van der Waals surface area contributed by atoms with Crippen molar-refractivity contribution in [2.24, 2.45) is 0 Å². The first-order chi connectivity index (χ1) is 9.33. The lowest BCUT2D eigenvalue weighted by Gasteiger charge is -2.21. The maximum atomic E-state index is 12.1. The zero-order valence-corrected chi connectivity index (χ0v) is 11.4. The molecule has 1 saturated heterocycles. The van der Waals surface area contributed by atoms with E-state index in [9.17, 15) is 4.79 Å². The van der Waals surface area contributed by atoms with Gasteiger partial charge in [-0.05, 0) is 31.0 Å². The number of thioether (sulfide) groups is 1. The highest BCUT2D eigenvalue weighted by molar-refractivity contribution is 8.00. The number of hydrogen-bond acceptors (Lipinski definition) is 5. The molecule has 2 aliphatic heterocycles. The van der Waals surface area contributed by atoms with E-state index in [0.29, 0.717) is 28.1 Å². The summed E-state index contributed by atoms with van der Waals surface area (Å²) in [6, 6.07) is 5.38. The minimum absolute atomic E-state index is 0.148. The molecule has 0 aromatic heterocycles. The van der Waals surface area contributed by atoms with E-state index in [2.05, 4.69) is 0 Å². The molecule has 0 unspecified atom stereocenters. The van der Waals surface area contributed by atoms with E-state index >= 15 is 0 Å². The molecule has 0 saturated carbocycles. The van der Waals surface area contributed by atoms with Gasteiger partial charge in [0.15, 0.2) is 17.3 Å². The second-order valence-corrected chi connectivity index (χ2v) is 5.90. The lowest BCUT2D eigenvalue weighted by atomic mass is 10.1. The predicted molar refractivity (Wildman–Crippen MR) is 73.2 cm³/mol. The van der Waals surface area contributed by atoms with Crippen molar-refractivity contribution >= 4 is 17.5 Å². The number of fused-ring (bicyclic) bond motifs is 1. The average molecular weight is 280 g/mol. The Kier molecular flexibility index (Phi) is 3.94. The maximum Gasteiger partial charge on any atom is 0.231 e. The summed E-state index contributed by atoms with van der Waals surface area (Å²) in [6.07, 6.45) is 2.08. The third-order valence-corrected chi connectivity index (χ3v) is 4.68. The zero-order chi connectivity index (χ0) is 13.1. The van der Waals surface area contributed by atoms with E-state index < -0.39 is 0 Å². The Morgan fingerprint density at radius 1 is 1.21 bits per heavy atom. The van der Waals surface area contributed by atoms with Gasteiger partial charge in [0.05, 0.1) is 5.75 Å². The first kappa shape index (κ1) is 12.8. The molecule has 1 aromatic rings. The Morgan fingerprint density at radius 2 is 2.00 bits per heavy atom. The van der Waals surface area contributed by atoms with Crippen LogP contribution in [0.1, 0.15) is 23.2 Å². The first-order valence-corrected chi connectivity index (χ1v) is 7.50. The Hall–Kier alpha value is -1.20. The van der Waals surface area contributed by atoms with Gasteiger partial charge in [-0.15, -0.1) is 0 Å². The summed E-state index contributed by atoms with van der Waals surface area (Å²) in [5.41, 5.74) is 0.698. The van der Waals surface area contributed by atoms with E-state index in [0.717, 1.165) is 26.1 Å². The lowest BCUT2D eigenvalue weighted by Crippen LogP contribution is -2.19. The van der Waals surface area contributed by atoms with Crippen LogP contribution < -0.4 is 9.47 Å². The number of ether oxygens (including phenoxy) is 3. The molecule has 0 aliphatic carbocycles. The van der Waals surface area contributed by atoms with Gasteiger partial charge in [0.25, 0.3) is 0 Å². The molecule has 0 spiro atoms. The van der Waals surface area contributed by atoms with Crippen LogP contribution in [-0.2, 0) is 4.74 Å². The minimum atomic E-state index is 0.148. The molecule has 4 nitrogen and oxygen atoms in total. The second-order valence-electron chi connectivity index (χ2n) is 4.61. The van der Waals surface area contributed by atoms with Crippen LogP contribution in [0.25, 0.3) is 0 Å². The van der Waals surface area contributed by atoms with Crippen LogP contribution in [0.3, 0.4) is 0 Å². The van der Waals surface area contributed by atoms with Gasteiger partial charge in [0, 0.05) is 24.0 Å². The summed E-state index contributed by atoms with van der Waals surface area (Å²) >= 11 is 1.73. The fraction of sp³-hybridized carbons (Fsp3) is 0.500. The van der Waals surface area contributed by atoms with Gasteiger partial charge in [0.2, 0.25) is 6.79 Å². The molecule has 102 valence electrons. The largest absolute Gasteiger partial charge is 0.454 e. The first-order valence-electron chi connectivity index (χ1n) is 6.45. The SMILES string of the molecule is O=C(CSC1CCOCC1)c1ccc2c(c1)OCO2. The molecule has 5 heteroatoms. The third kappa shape index (κ3) is 3.04. The van der Waals surface area contributed by atoms with Crippen LogP contribution in [0.4, 0.5) is 0 Å². The van der Waals surface area contributed by atoms with Crippen molar-refractivity contribution < 1.29 is 19.0 Å². The number of ketones is 1. The van der Waals surface area contributed by atoms with Crippen molar-refractivity contribution in [3.63, 3.8) is 0 Å². The molecule has 0 atom stereocenters. The van der Waals surface area contributed by atoms with Crippen molar-refractivity contribution in [1.82, 2.24) is 0 Å². The molecule has 0 radical (unpaired) electrons. The van der Waals surface area contributed by atoms with E-state index in [-0.39, 0.29) is 12.6 Å². The normalized spacial score (nSPS) is 18.5. The predicted octanol–water partition coefficient (Wildman–Crippen LogP) is 2.51. The number of carbonyl (C=O) groups excluding carboxylic acids is 1. The van der Waals surface area contributed by atoms with Crippen molar-refractivity contribution in [3.8, 4) is 11.5 Å². The van der Waals surface area contributed by atoms with Gasteiger partial charge < -0.3 is 14.2 Å². The summed E-state index contributed by atoms with van der Waals surface area (Å²) in [7, 11) is 0. The highest BCUT2D eigenvalue weighted by Crippen LogP contribution is 2.33. The maximum absolute atomic E-state index is 12.1. The topological polar surface area (TPSA) is 44.8 Å². The second kappa shape index (κ2) is 5.84. The van der Waals surface area contributed by atoms with E-state index in [1.807, 2.05) is 0 Å². The lowest BCUT2D eigenvalue weighted by molar-refractivity contribution is 0.0988. The Labute approximate surface area is 116 Å². The summed E-state index contributed by atoms with van der Waals surface area (Å²) in [5, 5.41) is 0.548. The highest BCUT2D eigenvalue weighted by atomic mass is 32.2. The molecule has 0 amide bonds. The van der Waals surface area contributed by atoms with Crippen LogP contribution in [0, 0.1) is 0 Å². The van der Waals surface area contributed by atoms with Crippen molar-refractivity contribution in [2.45, 2.75) is 18.1 Å². The van der Waals surface area contributed by atoms with Gasteiger partial charge in [-0.1, -0.05) is 0 Å². The Bertz CT molecular complexity index is 469. The molecule has 1 aromatic carbocycles. The Balaban J connectivity index is 1.57. The fourth-order valence-corrected chi connectivity index (χ4v) is 3.27. The standard InChI is InChI=1S/C14H16O4S/c15-12(8-19-11-3-5-16-6-4-11)10-1-2-13-14(7-10)18-9-17-13/h1-2,7,11H,3-6,8-9H2. The molecule has 3 rings (SSSR count). The average Bonchev–Trinajstić information content (AvgIpc) is 2.93. The molecule has 1 fully saturated rings. The number of hydrogen-bond donors (Lipinski definition) is 0. The van der Waals surface area contributed by atoms with Crippen LogP contribution in [0.5, 0.6) is 11.5 Å². The van der Waals surface area contributed by atoms with Gasteiger partial charge >= 0.3 is 0 Å². The summed E-state index contributed by atoms with van der Waals surface area (Å²) in [5.74, 6) is 2.05. The molecule has 19 heavy (non-hydrogen) atoms. The smallest absolute Gasteiger partial charge is 0.231 e. The van der Waals surface area contributed by atoms with Crippen LogP contribution in [0.2, 0.25) is 0 Å². The van der Waals surface area contributed by atoms with Crippen molar-refractivity contribution in [1.29, 1.82) is 0 Å².